The van der Waals surface area contributed by atoms with Crippen LogP contribution in [0.2, 0.25) is 0 Å². The Morgan fingerprint density at radius 1 is 0.219 bits per heavy atom. The van der Waals surface area contributed by atoms with Gasteiger partial charge in [0.05, 0.1) is 55.2 Å². The minimum atomic E-state index is 0.0231. The van der Waals surface area contributed by atoms with Crippen LogP contribution in [0.15, 0.2) is 212 Å². The summed E-state index contributed by atoms with van der Waals surface area (Å²) >= 11 is 0. The molecular formula is C66H35B2N5. The predicted molar refractivity (Wildman–Crippen MR) is 307 cm³/mol. The Morgan fingerprint density at radius 2 is 0.562 bits per heavy atom. The molecule has 4 aliphatic heterocycles. The van der Waals surface area contributed by atoms with Crippen LogP contribution in [-0.2, 0) is 0 Å². The fourth-order valence-electron chi connectivity index (χ4n) is 15.4. The van der Waals surface area contributed by atoms with E-state index in [1.54, 1.807) is 0 Å². The zero-order valence-electron chi connectivity index (χ0n) is 39.1. The number of hydrogen-bond acceptors (Lipinski definition) is 0. The van der Waals surface area contributed by atoms with Crippen molar-refractivity contribution >= 4 is 155 Å². The highest BCUT2D eigenvalue weighted by atomic mass is 15.1. The summed E-state index contributed by atoms with van der Waals surface area (Å²) in [6, 6.07) is 81.2. The summed E-state index contributed by atoms with van der Waals surface area (Å²) in [5, 5.41) is 13.0. The Balaban J connectivity index is 0.981. The average Bonchev–Trinajstić information content (AvgIpc) is 4.26. The maximum Gasteiger partial charge on any atom is 0.252 e. The van der Waals surface area contributed by atoms with E-state index >= 15 is 0 Å². The monoisotopic (exact) mass is 919 g/mol. The minimum Gasteiger partial charge on any atom is -0.310 e. The van der Waals surface area contributed by atoms with Crippen molar-refractivity contribution in [3.05, 3.63) is 212 Å². The highest BCUT2D eigenvalue weighted by molar-refractivity contribution is 7.01. The standard InChI is InChI=1S/C66H35B2N5/c1-2-16-36(17-3-1)69-57-34-59-49(67-47-22-8-14-28-55(47)70-51-24-10-4-18-37(51)43-30-45-39-20-6-12-26-53(39)72(59)65(45)61(67)63(43)70)32-41(57)42-33-50-60(35-58(42)69)73-54-27-13-7-21-40(54)46-31-44-38-19-5-11-25-52(38)71-56-29-15-9-23-48(56)68(50)62(64(44)71)66(46)73/h1-35H. The van der Waals surface area contributed by atoms with Crippen LogP contribution in [0.5, 0.6) is 0 Å². The number of hydrogen-bond donors (Lipinski definition) is 0. The number of nitrogens with zero attached hydrogens (tertiary/aromatic N) is 5. The van der Waals surface area contributed by atoms with E-state index < -0.39 is 0 Å². The van der Waals surface area contributed by atoms with Gasteiger partial charge in [0.2, 0.25) is 0 Å². The molecule has 0 spiro atoms. The first-order valence-corrected chi connectivity index (χ1v) is 25.7. The second-order valence-electron chi connectivity index (χ2n) is 21.1. The quantitative estimate of drug-likeness (QED) is 0.147. The van der Waals surface area contributed by atoms with Crippen LogP contribution in [-0.4, -0.2) is 36.3 Å². The fraction of sp³-hybridized carbons (Fsp3) is 0. The van der Waals surface area contributed by atoms with Gasteiger partial charge in [-0.1, -0.05) is 140 Å². The fourth-order valence-corrected chi connectivity index (χ4v) is 15.4. The van der Waals surface area contributed by atoms with E-state index in [9.17, 15) is 0 Å². The van der Waals surface area contributed by atoms with E-state index in [1.807, 2.05) is 0 Å². The summed E-state index contributed by atoms with van der Waals surface area (Å²) < 4.78 is 13.0. The van der Waals surface area contributed by atoms with E-state index in [0.717, 1.165) is 5.69 Å². The summed E-state index contributed by atoms with van der Waals surface area (Å²) in [4.78, 5) is 0. The molecular weight excluding hydrogens is 884 g/mol. The molecule has 9 heterocycles. The normalized spacial score (nSPS) is 13.7. The van der Waals surface area contributed by atoms with Gasteiger partial charge in [0.25, 0.3) is 13.4 Å². The summed E-state index contributed by atoms with van der Waals surface area (Å²) in [6.07, 6.45) is 0. The smallest absolute Gasteiger partial charge is 0.252 e. The Kier molecular flexibility index (Phi) is 6.08. The predicted octanol–water partition coefficient (Wildman–Crippen LogP) is 11.5. The molecule has 4 aliphatic rings. The Hall–Kier alpha value is -9.45. The number of para-hydroxylation sites is 7. The van der Waals surface area contributed by atoms with E-state index in [0.29, 0.717) is 0 Å². The van der Waals surface area contributed by atoms with Crippen molar-refractivity contribution in [3.8, 4) is 28.4 Å². The van der Waals surface area contributed by atoms with Crippen LogP contribution >= 0.6 is 0 Å². The third-order valence-corrected chi connectivity index (χ3v) is 18.0. The van der Waals surface area contributed by atoms with Crippen molar-refractivity contribution in [1.29, 1.82) is 0 Å². The molecule has 0 unspecified atom stereocenters. The first kappa shape index (κ1) is 36.5. The van der Waals surface area contributed by atoms with Crippen LogP contribution in [0.4, 0.5) is 0 Å². The molecule has 0 bridgehead atoms. The summed E-state index contributed by atoms with van der Waals surface area (Å²) in [5.74, 6) is 0. The van der Waals surface area contributed by atoms with Gasteiger partial charge in [0.1, 0.15) is 0 Å². The third-order valence-electron chi connectivity index (χ3n) is 18.0. The van der Waals surface area contributed by atoms with Gasteiger partial charge in [-0.2, -0.15) is 0 Å². The van der Waals surface area contributed by atoms with Crippen molar-refractivity contribution in [1.82, 2.24) is 22.8 Å². The molecule has 16 aromatic rings. The van der Waals surface area contributed by atoms with Crippen LogP contribution < -0.4 is 32.8 Å². The van der Waals surface area contributed by atoms with Crippen molar-refractivity contribution < 1.29 is 0 Å². The van der Waals surface area contributed by atoms with Gasteiger partial charge in [-0.05, 0) is 106 Å². The molecule has 0 amide bonds. The number of fused-ring (bicyclic) bond motifs is 27. The lowest BCUT2D eigenvalue weighted by molar-refractivity contribution is 1.14. The van der Waals surface area contributed by atoms with E-state index in [4.69, 9.17) is 0 Å². The number of benzene rings is 11. The minimum absolute atomic E-state index is 0.0231. The molecule has 20 rings (SSSR count). The van der Waals surface area contributed by atoms with Crippen molar-refractivity contribution in [3.63, 3.8) is 0 Å². The van der Waals surface area contributed by atoms with Crippen LogP contribution in [0.25, 0.3) is 137 Å². The molecule has 0 radical (unpaired) electrons. The molecule has 0 atom stereocenters. The van der Waals surface area contributed by atoms with Crippen molar-refractivity contribution in [2.45, 2.75) is 0 Å². The molecule has 5 aromatic heterocycles. The second-order valence-corrected chi connectivity index (χ2v) is 21.1. The number of aromatic nitrogens is 5. The molecule has 0 N–H and O–H groups in total. The maximum absolute atomic E-state index is 2.63. The van der Waals surface area contributed by atoms with Gasteiger partial charge in [0.15, 0.2) is 0 Å². The highest BCUT2D eigenvalue weighted by Gasteiger charge is 2.44. The van der Waals surface area contributed by atoms with Crippen LogP contribution in [0.3, 0.4) is 0 Å². The van der Waals surface area contributed by atoms with Gasteiger partial charge in [-0.25, -0.2) is 0 Å². The maximum atomic E-state index is 2.63. The van der Waals surface area contributed by atoms with Crippen LogP contribution in [0, 0.1) is 0 Å². The Bertz CT molecular complexity index is 5040. The SMILES string of the molecule is c1ccc(-n2c3cc4c(cc3c3cc5c(cc32)-n2c3ccccc3c3cc6c7ccccc7n7c6c(c32)B5c2ccccc2-7)B2c3ccccc3-n3c5ccccc5c5cc6c7ccccc7n-4c6c2c53)cc1. The van der Waals surface area contributed by atoms with Gasteiger partial charge in [-0.15, -0.1) is 0 Å². The summed E-state index contributed by atoms with van der Waals surface area (Å²) in [7, 11) is 0. The average molecular weight is 920 g/mol. The molecule has 73 heavy (non-hydrogen) atoms. The topological polar surface area (TPSA) is 24.6 Å². The van der Waals surface area contributed by atoms with Gasteiger partial charge in [-0.3, -0.25) is 0 Å². The molecule has 11 aromatic carbocycles. The molecule has 0 saturated carbocycles. The lowest BCUT2D eigenvalue weighted by Crippen LogP contribution is -2.59. The lowest BCUT2D eigenvalue weighted by Gasteiger charge is -2.33. The molecule has 0 fully saturated rings. The molecule has 0 saturated heterocycles. The highest BCUT2D eigenvalue weighted by Crippen LogP contribution is 2.46. The van der Waals surface area contributed by atoms with E-state index in [-0.39, 0.29) is 13.4 Å². The first-order chi connectivity index (χ1) is 36.3. The third kappa shape index (κ3) is 3.96. The Labute approximate surface area is 416 Å². The van der Waals surface area contributed by atoms with Crippen molar-refractivity contribution in [2.75, 3.05) is 0 Å². The molecule has 7 heteroatoms. The van der Waals surface area contributed by atoms with Gasteiger partial charge in [0, 0.05) is 82.3 Å². The largest absolute Gasteiger partial charge is 0.310 e. The zero-order valence-corrected chi connectivity index (χ0v) is 39.1. The van der Waals surface area contributed by atoms with E-state index in [2.05, 4.69) is 235 Å². The Morgan fingerprint density at radius 3 is 0.973 bits per heavy atom. The van der Waals surface area contributed by atoms with E-state index in [1.165, 1.54) is 165 Å². The first-order valence-electron chi connectivity index (χ1n) is 25.7. The molecule has 330 valence electrons. The van der Waals surface area contributed by atoms with Crippen LogP contribution in [0.1, 0.15) is 0 Å². The van der Waals surface area contributed by atoms with Crippen molar-refractivity contribution in [2.24, 2.45) is 0 Å². The molecule has 0 aliphatic carbocycles. The second kappa shape index (κ2) is 12.2. The van der Waals surface area contributed by atoms with Gasteiger partial charge >= 0.3 is 0 Å². The zero-order chi connectivity index (χ0) is 46.7. The lowest BCUT2D eigenvalue weighted by atomic mass is 9.34. The summed E-state index contributed by atoms with van der Waals surface area (Å²) in [6.45, 7) is 0.0463. The number of rotatable bonds is 1. The summed E-state index contributed by atoms with van der Waals surface area (Å²) in [5.41, 5.74) is 27.2. The van der Waals surface area contributed by atoms with Gasteiger partial charge < -0.3 is 22.8 Å². The molecule has 5 nitrogen and oxygen atoms in total.